The van der Waals surface area contributed by atoms with Crippen molar-refractivity contribution in [2.24, 2.45) is 0 Å². The number of sulfonamides is 1. The SMILES string of the molecule is COc1ccc(N([C@@H](C)C(=O)N[C@H](C)COc2ccc(C)cc2)S(C)(=O)=O)cc1. The highest BCUT2D eigenvalue weighted by Crippen LogP contribution is 2.24. The first-order valence-electron chi connectivity index (χ1n) is 9.25. The summed E-state index contributed by atoms with van der Waals surface area (Å²) < 4.78 is 36.6. The van der Waals surface area contributed by atoms with Gasteiger partial charge in [-0.2, -0.15) is 0 Å². The van der Waals surface area contributed by atoms with Gasteiger partial charge in [-0.15, -0.1) is 0 Å². The van der Waals surface area contributed by atoms with Crippen molar-refractivity contribution in [2.45, 2.75) is 32.9 Å². The molecule has 158 valence electrons. The van der Waals surface area contributed by atoms with Crippen LogP contribution in [0.25, 0.3) is 0 Å². The molecule has 0 unspecified atom stereocenters. The van der Waals surface area contributed by atoms with E-state index in [1.165, 1.54) is 7.11 Å². The lowest BCUT2D eigenvalue weighted by atomic mass is 10.2. The summed E-state index contributed by atoms with van der Waals surface area (Å²) in [7, 11) is -2.15. The van der Waals surface area contributed by atoms with Gasteiger partial charge in [-0.1, -0.05) is 17.7 Å². The van der Waals surface area contributed by atoms with Crippen LogP contribution in [0.2, 0.25) is 0 Å². The molecule has 1 amide bonds. The van der Waals surface area contributed by atoms with Gasteiger partial charge >= 0.3 is 0 Å². The van der Waals surface area contributed by atoms with Crippen LogP contribution in [0.15, 0.2) is 48.5 Å². The Balaban J connectivity index is 2.04. The van der Waals surface area contributed by atoms with E-state index in [2.05, 4.69) is 5.32 Å². The molecular weight excluding hydrogens is 392 g/mol. The first-order valence-corrected chi connectivity index (χ1v) is 11.1. The minimum Gasteiger partial charge on any atom is -0.497 e. The lowest BCUT2D eigenvalue weighted by molar-refractivity contribution is -0.122. The van der Waals surface area contributed by atoms with Crippen LogP contribution in [0.1, 0.15) is 19.4 Å². The number of methoxy groups -OCH3 is 1. The highest BCUT2D eigenvalue weighted by Gasteiger charge is 2.29. The largest absolute Gasteiger partial charge is 0.497 e. The number of ether oxygens (including phenoxy) is 2. The molecule has 0 aliphatic heterocycles. The van der Waals surface area contributed by atoms with Crippen LogP contribution in [-0.2, 0) is 14.8 Å². The van der Waals surface area contributed by atoms with Gasteiger partial charge in [-0.3, -0.25) is 9.10 Å². The van der Waals surface area contributed by atoms with Gasteiger partial charge in [0, 0.05) is 0 Å². The molecule has 29 heavy (non-hydrogen) atoms. The summed E-state index contributed by atoms with van der Waals surface area (Å²) in [6.07, 6.45) is 1.07. The minimum atomic E-state index is -3.68. The van der Waals surface area contributed by atoms with Crippen molar-refractivity contribution in [1.29, 1.82) is 0 Å². The van der Waals surface area contributed by atoms with Gasteiger partial charge in [0.1, 0.15) is 24.1 Å². The van der Waals surface area contributed by atoms with Crippen LogP contribution in [0.4, 0.5) is 5.69 Å². The maximum absolute atomic E-state index is 12.7. The Kier molecular flexibility index (Phi) is 7.50. The quantitative estimate of drug-likeness (QED) is 0.674. The van der Waals surface area contributed by atoms with Crippen LogP contribution in [0.5, 0.6) is 11.5 Å². The molecule has 2 aromatic carbocycles. The molecule has 0 aliphatic carbocycles. The van der Waals surface area contributed by atoms with E-state index in [4.69, 9.17) is 9.47 Å². The summed E-state index contributed by atoms with van der Waals surface area (Å²) >= 11 is 0. The number of hydrogen-bond acceptors (Lipinski definition) is 5. The van der Waals surface area contributed by atoms with Crippen LogP contribution >= 0.6 is 0 Å². The van der Waals surface area contributed by atoms with Gasteiger partial charge in [0.05, 0.1) is 25.1 Å². The monoisotopic (exact) mass is 420 g/mol. The standard InChI is InChI=1S/C21H28N2O5S/c1-15-6-10-20(11-7-15)28-14-16(2)22-21(24)17(3)23(29(5,25)26)18-8-12-19(27-4)13-9-18/h6-13,16-17H,14H2,1-5H3,(H,22,24)/t16-,17+/m1/s1. The van der Waals surface area contributed by atoms with Crippen LogP contribution < -0.4 is 19.1 Å². The summed E-state index contributed by atoms with van der Waals surface area (Å²) in [6, 6.07) is 12.9. The molecule has 0 heterocycles. The number of carbonyl (C=O) groups excluding carboxylic acids is 1. The Morgan fingerprint density at radius 3 is 2.10 bits per heavy atom. The number of nitrogens with one attached hydrogen (secondary N) is 1. The Hall–Kier alpha value is -2.74. The van der Waals surface area contributed by atoms with Crippen molar-refractivity contribution in [2.75, 3.05) is 24.3 Å². The molecule has 0 saturated carbocycles. The van der Waals surface area contributed by atoms with Gasteiger partial charge in [-0.05, 0) is 57.2 Å². The molecular formula is C21H28N2O5S. The normalized spacial score (nSPS) is 13.3. The fourth-order valence-electron chi connectivity index (χ4n) is 2.80. The summed E-state index contributed by atoms with van der Waals surface area (Å²) in [6.45, 7) is 5.61. The Labute approximate surface area is 172 Å². The molecule has 2 rings (SSSR count). The average Bonchev–Trinajstić information content (AvgIpc) is 2.67. The van der Waals surface area contributed by atoms with Gasteiger partial charge in [0.15, 0.2) is 0 Å². The second-order valence-corrected chi connectivity index (χ2v) is 8.83. The summed E-state index contributed by atoms with van der Waals surface area (Å²) in [5.41, 5.74) is 1.52. The highest BCUT2D eigenvalue weighted by atomic mass is 32.2. The predicted octanol–water partition coefficient (Wildman–Crippen LogP) is 2.74. The van der Waals surface area contributed by atoms with Gasteiger partial charge in [0.25, 0.3) is 0 Å². The molecule has 0 radical (unpaired) electrons. The fraction of sp³-hybridized carbons (Fsp3) is 0.381. The number of aryl methyl sites for hydroxylation is 1. The maximum Gasteiger partial charge on any atom is 0.243 e. The third kappa shape index (κ3) is 6.39. The van der Waals surface area contributed by atoms with Crippen LogP contribution in [0.3, 0.4) is 0 Å². The number of anilines is 1. The number of benzene rings is 2. The second-order valence-electron chi connectivity index (χ2n) is 6.97. The van der Waals surface area contributed by atoms with Gasteiger partial charge in [-0.25, -0.2) is 8.42 Å². The minimum absolute atomic E-state index is 0.267. The molecule has 0 spiro atoms. The van der Waals surface area contributed by atoms with Crippen molar-refractivity contribution < 1.29 is 22.7 Å². The number of nitrogens with zero attached hydrogens (tertiary/aromatic N) is 1. The molecule has 2 aromatic rings. The van der Waals surface area contributed by atoms with Crippen LogP contribution in [-0.4, -0.2) is 46.4 Å². The average molecular weight is 421 g/mol. The Bertz CT molecular complexity index is 911. The first kappa shape index (κ1) is 22.5. The zero-order valence-electron chi connectivity index (χ0n) is 17.4. The third-order valence-electron chi connectivity index (χ3n) is 4.33. The third-order valence-corrected chi connectivity index (χ3v) is 5.57. The molecule has 2 atom stereocenters. The summed E-state index contributed by atoms with van der Waals surface area (Å²) in [5, 5.41) is 2.81. The molecule has 0 aliphatic rings. The molecule has 7 nitrogen and oxygen atoms in total. The van der Waals surface area contributed by atoms with Crippen LogP contribution in [0, 0.1) is 6.92 Å². The number of amides is 1. The van der Waals surface area contributed by atoms with Crippen molar-refractivity contribution in [3.05, 3.63) is 54.1 Å². The number of carbonyl (C=O) groups is 1. The summed E-state index contributed by atoms with van der Waals surface area (Å²) in [4.78, 5) is 12.7. The van der Waals surface area contributed by atoms with E-state index in [0.29, 0.717) is 17.2 Å². The number of rotatable bonds is 9. The van der Waals surface area contributed by atoms with Gasteiger partial charge < -0.3 is 14.8 Å². The van der Waals surface area contributed by atoms with E-state index in [1.54, 1.807) is 38.1 Å². The van der Waals surface area contributed by atoms with Gasteiger partial charge in [0.2, 0.25) is 15.9 Å². The van der Waals surface area contributed by atoms with Crippen molar-refractivity contribution in [1.82, 2.24) is 5.32 Å². The number of hydrogen-bond donors (Lipinski definition) is 1. The molecule has 1 N–H and O–H groups in total. The molecule has 0 fully saturated rings. The smallest absolute Gasteiger partial charge is 0.243 e. The first-order chi connectivity index (χ1) is 13.6. The van der Waals surface area contributed by atoms with E-state index in [9.17, 15) is 13.2 Å². The summed E-state index contributed by atoms with van der Waals surface area (Å²) in [5.74, 6) is 0.896. The Morgan fingerprint density at radius 1 is 1.03 bits per heavy atom. The fourth-order valence-corrected chi connectivity index (χ4v) is 3.97. The van der Waals surface area contributed by atoms with E-state index in [0.717, 1.165) is 16.1 Å². The van der Waals surface area contributed by atoms with Crippen molar-refractivity contribution >= 4 is 21.6 Å². The topological polar surface area (TPSA) is 84.9 Å². The zero-order chi connectivity index (χ0) is 21.6. The predicted molar refractivity (Wildman–Crippen MR) is 114 cm³/mol. The molecule has 0 aromatic heterocycles. The van der Waals surface area contributed by atoms with Crippen molar-refractivity contribution in [3.63, 3.8) is 0 Å². The molecule has 0 bridgehead atoms. The van der Waals surface area contributed by atoms with E-state index < -0.39 is 22.0 Å². The lowest BCUT2D eigenvalue weighted by Crippen LogP contribution is -2.50. The Morgan fingerprint density at radius 2 is 1.59 bits per heavy atom. The maximum atomic E-state index is 12.7. The lowest BCUT2D eigenvalue weighted by Gasteiger charge is -2.29. The van der Waals surface area contributed by atoms with E-state index in [1.807, 2.05) is 31.2 Å². The van der Waals surface area contributed by atoms with Crippen molar-refractivity contribution in [3.8, 4) is 11.5 Å². The zero-order valence-corrected chi connectivity index (χ0v) is 18.2. The van der Waals surface area contributed by atoms with E-state index >= 15 is 0 Å². The molecule has 8 heteroatoms. The van der Waals surface area contributed by atoms with E-state index in [-0.39, 0.29) is 12.6 Å². The highest BCUT2D eigenvalue weighted by molar-refractivity contribution is 7.92. The molecule has 0 saturated heterocycles. The second kappa shape index (κ2) is 9.65.